The van der Waals surface area contributed by atoms with Crippen LogP contribution in [0.5, 0.6) is 0 Å². The van der Waals surface area contributed by atoms with Crippen LogP contribution in [0.4, 0.5) is 0 Å². The van der Waals surface area contributed by atoms with Gasteiger partial charge >= 0.3 is 0 Å². The van der Waals surface area contributed by atoms with Crippen LogP contribution in [0.25, 0.3) is 77.4 Å². The van der Waals surface area contributed by atoms with Gasteiger partial charge in [-0.05, 0) is 51.6 Å². The Balaban J connectivity index is 1.06. The lowest BCUT2D eigenvalue weighted by Gasteiger charge is -2.21. The van der Waals surface area contributed by atoms with Crippen molar-refractivity contribution in [2.75, 3.05) is 0 Å². The van der Waals surface area contributed by atoms with Crippen LogP contribution in [0.1, 0.15) is 28.8 Å². The van der Waals surface area contributed by atoms with Crippen LogP contribution in [0.15, 0.2) is 170 Å². The topological polar surface area (TPSA) is 43.6 Å². The van der Waals surface area contributed by atoms with Gasteiger partial charge in [-0.2, -0.15) is 0 Å². The molecular weight excluding hydrogens is 621 g/mol. The quantitative estimate of drug-likeness (QED) is 0.190. The number of hydrogen-bond donors (Lipinski definition) is 0. The van der Waals surface area contributed by atoms with Crippen LogP contribution >= 0.6 is 0 Å². The molecule has 2 aliphatic rings. The van der Waals surface area contributed by atoms with Gasteiger partial charge in [0.05, 0.1) is 16.7 Å². The Kier molecular flexibility index (Phi) is 6.05. The molecule has 0 bridgehead atoms. The van der Waals surface area contributed by atoms with Crippen molar-refractivity contribution in [3.8, 4) is 28.5 Å². The van der Waals surface area contributed by atoms with E-state index in [1.54, 1.807) is 0 Å². The van der Waals surface area contributed by atoms with Crippen molar-refractivity contribution < 1.29 is 0 Å². The first-order valence-electron chi connectivity index (χ1n) is 17.5. The molecule has 0 fully saturated rings. The van der Waals surface area contributed by atoms with E-state index >= 15 is 0 Å². The minimum atomic E-state index is 0.242. The monoisotopic (exact) mass is 650 g/mol. The summed E-state index contributed by atoms with van der Waals surface area (Å²) in [6.45, 7) is 0. The molecule has 9 aromatic rings. The van der Waals surface area contributed by atoms with E-state index in [-0.39, 0.29) is 5.92 Å². The second-order valence-electron chi connectivity index (χ2n) is 13.6. The smallest absolute Gasteiger partial charge is 0.164 e. The first-order chi connectivity index (χ1) is 25.3. The molecular formula is C47H30N4. The number of hydrogen-bond acceptors (Lipinski definition) is 3. The van der Waals surface area contributed by atoms with Crippen molar-refractivity contribution in [1.29, 1.82) is 0 Å². The summed E-state index contributed by atoms with van der Waals surface area (Å²) in [4.78, 5) is 15.3. The van der Waals surface area contributed by atoms with Crippen LogP contribution in [-0.4, -0.2) is 19.5 Å². The second-order valence-corrected chi connectivity index (χ2v) is 13.6. The maximum Gasteiger partial charge on any atom is 0.164 e. The molecule has 0 saturated carbocycles. The number of nitrogens with zero attached hydrogens (tertiary/aromatic N) is 4. The first kappa shape index (κ1) is 28.2. The normalized spacial score (nSPS) is 16.3. The SMILES string of the molecule is C1=CC2c3cccc4cccc(c34)C2C=C1c1nc(-c2ccccc2)nc(-c2ccc3c(-n4c5ccccc5c5ccccc54)cccc3c2)n1. The fourth-order valence-electron chi connectivity index (χ4n) is 8.50. The summed E-state index contributed by atoms with van der Waals surface area (Å²) in [7, 11) is 0. The summed E-state index contributed by atoms with van der Waals surface area (Å²) < 4.78 is 2.39. The van der Waals surface area contributed by atoms with Gasteiger partial charge in [0.2, 0.25) is 0 Å². The highest BCUT2D eigenvalue weighted by atomic mass is 15.0. The van der Waals surface area contributed by atoms with Gasteiger partial charge in [-0.25, -0.2) is 15.0 Å². The summed E-state index contributed by atoms with van der Waals surface area (Å²) in [5.41, 5.74) is 9.27. The Labute approximate surface area is 294 Å². The van der Waals surface area contributed by atoms with Crippen LogP contribution in [-0.2, 0) is 0 Å². The fourth-order valence-corrected chi connectivity index (χ4v) is 8.50. The van der Waals surface area contributed by atoms with Crippen LogP contribution in [0, 0.1) is 0 Å². The van der Waals surface area contributed by atoms with Gasteiger partial charge in [-0.15, -0.1) is 0 Å². The highest BCUT2D eigenvalue weighted by Crippen LogP contribution is 2.51. The Morgan fingerprint density at radius 2 is 1.08 bits per heavy atom. The van der Waals surface area contributed by atoms with Gasteiger partial charge in [0.25, 0.3) is 0 Å². The van der Waals surface area contributed by atoms with Gasteiger partial charge in [0, 0.05) is 44.7 Å². The predicted molar refractivity (Wildman–Crippen MR) is 209 cm³/mol. The van der Waals surface area contributed by atoms with Crippen molar-refractivity contribution in [3.05, 3.63) is 187 Å². The average Bonchev–Trinajstić information content (AvgIpc) is 3.71. The largest absolute Gasteiger partial charge is 0.309 e. The van der Waals surface area contributed by atoms with E-state index in [0.29, 0.717) is 23.4 Å². The number of rotatable bonds is 4. The minimum absolute atomic E-state index is 0.242. The van der Waals surface area contributed by atoms with E-state index in [1.807, 2.05) is 18.2 Å². The molecule has 2 aliphatic carbocycles. The maximum atomic E-state index is 5.18. The molecule has 238 valence electrons. The van der Waals surface area contributed by atoms with Crippen molar-refractivity contribution in [2.24, 2.45) is 0 Å². The van der Waals surface area contributed by atoms with Gasteiger partial charge < -0.3 is 4.57 Å². The number of aromatic nitrogens is 4. The number of fused-ring (bicyclic) bond motifs is 7. The van der Waals surface area contributed by atoms with E-state index in [2.05, 4.69) is 156 Å². The highest BCUT2D eigenvalue weighted by Gasteiger charge is 2.33. The summed E-state index contributed by atoms with van der Waals surface area (Å²) in [6, 6.07) is 54.0. The van der Waals surface area contributed by atoms with Crippen molar-refractivity contribution in [2.45, 2.75) is 11.8 Å². The van der Waals surface area contributed by atoms with E-state index in [1.165, 1.54) is 49.1 Å². The Hall–Kier alpha value is -6.65. The summed E-state index contributed by atoms with van der Waals surface area (Å²) in [6.07, 6.45) is 6.91. The van der Waals surface area contributed by atoms with Crippen LogP contribution < -0.4 is 0 Å². The van der Waals surface area contributed by atoms with E-state index < -0.39 is 0 Å². The molecule has 4 heteroatoms. The third-order valence-electron chi connectivity index (χ3n) is 10.8. The van der Waals surface area contributed by atoms with Gasteiger partial charge in [0.15, 0.2) is 17.5 Å². The third kappa shape index (κ3) is 4.30. The van der Waals surface area contributed by atoms with Crippen molar-refractivity contribution >= 4 is 48.9 Å². The molecule has 4 nitrogen and oxygen atoms in total. The minimum Gasteiger partial charge on any atom is -0.309 e. The lowest BCUT2D eigenvalue weighted by Crippen LogP contribution is -2.08. The molecule has 0 N–H and O–H groups in total. The first-order valence-corrected chi connectivity index (χ1v) is 17.5. The molecule has 7 aromatic carbocycles. The molecule has 0 radical (unpaired) electrons. The molecule has 2 atom stereocenters. The zero-order chi connectivity index (χ0) is 33.5. The number of para-hydroxylation sites is 2. The maximum absolute atomic E-state index is 5.18. The Morgan fingerprint density at radius 3 is 1.84 bits per heavy atom. The Bertz CT molecular complexity index is 2870. The molecule has 2 unspecified atom stereocenters. The molecule has 51 heavy (non-hydrogen) atoms. The fraction of sp³-hybridized carbons (Fsp3) is 0.0426. The van der Waals surface area contributed by atoms with E-state index in [9.17, 15) is 0 Å². The molecule has 0 saturated heterocycles. The van der Waals surface area contributed by atoms with Crippen LogP contribution in [0.2, 0.25) is 0 Å². The van der Waals surface area contributed by atoms with Gasteiger partial charge in [0.1, 0.15) is 0 Å². The van der Waals surface area contributed by atoms with Crippen molar-refractivity contribution in [3.63, 3.8) is 0 Å². The predicted octanol–water partition coefficient (Wildman–Crippen LogP) is 11.4. The van der Waals surface area contributed by atoms with E-state index in [4.69, 9.17) is 15.0 Å². The van der Waals surface area contributed by atoms with Crippen LogP contribution in [0.3, 0.4) is 0 Å². The zero-order valence-electron chi connectivity index (χ0n) is 27.6. The lowest BCUT2D eigenvalue weighted by molar-refractivity contribution is 0.770. The summed E-state index contributed by atoms with van der Waals surface area (Å²) >= 11 is 0. The van der Waals surface area contributed by atoms with E-state index in [0.717, 1.165) is 27.8 Å². The zero-order valence-corrected chi connectivity index (χ0v) is 27.6. The molecule has 0 aliphatic heterocycles. The summed E-state index contributed by atoms with van der Waals surface area (Å²) in [5.74, 6) is 2.58. The van der Waals surface area contributed by atoms with Crippen molar-refractivity contribution in [1.82, 2.24) is 19.5 Å². The second kappa shape index (κ2) is 10.9. The lowest BCUT2D eigenvalue weighted by atomic mass is 9.84. The average molecular weight is 651 g/mol. The van der Waals surface area contributed by atoms with Gasteiger partial charge in [-0.1, -0.05) is 146 Å². The molecule has 11 rings (SSSR count). The standard InChI is InChI=1S/C47H30N4/c1-2-11-30(12-3-1)45-48-46(50-47(49-45)33-24-26-35-38-18-8-13-29-14-9-19-39(44(29)38)40(35)28-33)32-23-25-34-31(27-32)15-10-22-41(34)51-42-20-6-4-16-36(42)37-17-5-7-21-43(37)51/h1-28,35,40H. The molecule has 0 amide bonds. The Morgan fingerprint density at radius 1 is 0.451 bits per heavy atom. The highest BCUT2D eigenvalue weighted by molar-refractivity contribution is 6.10. The molecule has 2 aromatic heterocycles. The summed E-state index contributed by atoms with van der Waals surface area (Å²) in [5, 5.41) is 7.49. The van der Waals surface area contributed by atoms with Gasteiger partial charge in [-0.3, -0.25) is 0 Å². The molecule has 2 heterocycles. The third-order valence-corrected chi connectivity index (χ3v) is 10.8. The molecule has 0 spiro atoms. The number of benzene rings is 7. The number of allylic oxidation sites excluding steroid dienone is 4.